The summed E-state index contributed by atoms with van der Waals surface area (Å²) < 4.78 is 38.5. The second-order valence-electron chi connectivity index (χ2n) is 6.88. The van der Waals surface area contributed by atoms with Crippen molar-refractivity contribution in [1.82, 2.24) is 10.2 Å². The summed E-state index contributed by atoms with van der Waals surface area (Å²) in [5.41, 5.74) is 0. The lowest BCUT2D eigenvalue weighted by Crippen LogP contribution is -2.47. The summed E-state index contributed by atoms with van der Waals surface area (Å²) in [7, 11) is 0. The van der Waals surface area contributed by atoms with Crippen molar-refractivity contribution in [3.63, 3.8) is 0 Å². The summed E-state index contributed by atoms with van der Waals surface area (Å²) in [6, 6.07) is 9.71. The second kappa shape index (κ2) is 10.6. The number of carboxylic acids is 1. The molecule has 0 bridgehead atoms. The van der Waals surface area contributed by atoms with Crippen LogP contribution in [0.4, 0.5) is 13.2 Å². The molecule has 0 saturated carbocycles. The predicted molar refractivity (Wildman–Crippen MR) is 104 cm³/mol. The zero-order valence-corrected chi connectivity index (χ0v) is 17.4. The highest BCUT2D eigenvalue weighted by atomic mass is 79.9. The fraction of sp³-hybridized carbons (Fsp3) is 0.526. The first-order chi connectivity index (χ1) is 14.1. The number of alkyl halides is 3. The van der Waals surface area contributed by atoms with E-state index in [9.17, 15) is 18.0 Å². The van der Waals surface area contributed by atoms with Gasteiger partial charge in [-0.1, -0.05) is 15.9 Å². The maximum Gasteiger partial charge on any atom is 0.490 e. The van der Waals surface area contributed by atoms with Crippen molar-refractivity contribution in [1.29, 1.82) is 5.26 Å². The number of aliphatic carboxylic acids is 1. The van der Waals surface area contributed by atoms with Crippen molar-refractivity contribution in [3.8, 4) is 11.8 Å². The quantitative estimate of drug-likeness (QED) is 0.670. The number of carboxylic acid groups (broad SMARTS) is 1. The highest BCUT2D eigenvalue weighted by Crippen LogP contribution is 2.22. The highest BCUT2D eigenvalue weighted by molar-refractivity contribution is 9.10. The number of hydrogen-bond acceptors (Lipinski definition) is 5. The Balaban J connectivity index is 0.000000396. The number of carbonyl (C=O) groups excluding carboxylic acids is 1. The number of nitrogens with zero attached hydrogens (tertiary/aromatic N) is 2. The molecule has 0 aromatic heterocycles. The zero-order valence-electron chi connectivity index (χ0n) is 15.9. The highest BCUT2D eigenvalue weighted by Gasteiger charge is 2.38. The number of nitriles is 1. The Kier molecular flexibility index (Phi) is 8.49. The van der Waals surface area contributed by atoms with Crippen LogP contribution in [0.1, 0.15) is 25.7 Å². The maximum atomic E-state index is 12.5. The van der Waals surface area contributed by atoms with Crippen LogP contribution >= 0.6 is 15.9 Å². The van der Waals surface area contributed by atoms with E-state index in [1.807, 2.05) is 24.3 Å². The van der Waals surface area contributed by atoms with E-state index >= 15 is 0 Å². The minimum Gasteiger partial charge on any atom is -0.492 e. The van der Waals surface area contributed by atoms with Gasteiger partial charge in [-0.15, -0.1) is 0 Å². The van der Waals surface area contributed by atoms with Gasteiger partial charge in [0.2, 0.25) is 5.91 Å². The van der Waals surface area contributed by atoms with Gasteiger partial charge in [0, 0.05) is 17.1 Å². The van der Waals surface area contributed by atoms with Gasteiger partial charge in [-0.25, -0.2) is 4.79 Å². The van der Waals surface area contributed by atoms with E-state index in [4.69, 9.17) is 19.9 Å². The van der Waals surface area contributed by atoms with Crippen LogP contribution in [0.3, 0.4) is 0 Å². The van der Waals surface area contributed by atoms with Crippen molar-refractivity contribution in [2.75, 3.05) is 13.2 Å². The monoisotopic (exact) mass is 491 g/mol. The van der Waals surface area contributed by atoms with Crippen LogP contribution in [0, 0.1) is 11.3 Å². The third kappa shape index (κ3) is 6.88. The molecule has 0 unspecified atom stereocenters. The predicted octanol–water partition coefficient (Wildman–Crippen LogP) is 3.10. The van der Waals surface area contributed by atoms with Gasteiger partial charge >= 0.3 is 12.1 Å². The van der Waals surface area contributed by atoms with Crippen LogP contribution in [0.15, 0.2) is 28.7 Å². The van der Waals surface area contributed by atoms with Crippen LogP contribution in [-0.4, -0.2) is 59.3 Å². The minimum absolute atomic E-state index is 0.0696. The summed E-state index contributed by atoms with van der Waals surface area (Å²) in [5.74, 6) is -1.86. The Morgan fingerprint density at radius 2 is 1.90 bits per heavy atom. The van der Waals surface area contributed by atoms with Crippen molar-refractivity contribution in [2.45, 2.75) is 50.0 Å². The first-order valence-corrected chi connectivity index (χ1v) is 10.1. The van der Waals surface area contributed by atoms with Gasteiger partial charge in [0.05, 0.1) is 12.1 Å². The van der Waals surface area contributed by atoms with Crippen molar-refractivity contribution in [3.05, 3.63) is 28.7 Å². The molecule has 2 heterocycles. The summed E-state index contributed by atoms with van der Waals surface area (Å²) in [6.07, 6.45) is -1.64. The largest absolute Gasteiger partial charge is 0.492 e. The molecule has 3 rings (SSSR count). The van der Waals surface area contributed by atoms with Crippen LogP contribution in [0.5, 0.6) is 5.75 Å². The topological polar surface area (TPSA) is 103 Å². The van der Waals surface area contributed by atoms with Crippen molar-refractivity contribution in [2.24, 2.45) is 0 Å². The third-order valence-corrected chi connectivity index (χ3v) is 5.26. The standard InChI is InChI=1S/C17H20BrN3O2.C2HF3O2/c18-12-3-6-15(7-4-12)23-11-13-5-8-16(20-13)17(22)21-9-1-2-14(21)10-19;3-2(4,5)1(6)7/h3-4,6-7,13-14,16,20H,1-2,5,8-9,11H2;(H,6,7)/t13-,14-,16-;/m0./s1. The lowest BCUT2D eigenvalue weighted by molar-refractivity contribution is -0.192. The maximum absolute atomic E-state index is 12.5. The number of likely N-dealkylation sites (tertiary alicyclic amines) is 1. The molecule has 164 valence electrons. The molecule has 11 heteroatoms. The summed E-state index contributed by atoms with van der Waals surface area (Å²) in [4.78, 5) is 23.2. The number of ether oxygens (including phenoxy) is 1. The Morgan fingerprint density at radius 3 is 2.47 bits per heavy atom. The minimum atomic E-state index is -5.08. The molecule has 2 saturated heterocycles. The molecule has 2 N–H and O–H groups in total. The molecular weight excluding hydrogens is 471 g/mol. The van der Waals surface area contributed by atoms with Crippen LogP contribution in [0.2, 0.25) is 0 Å². The molecule has 7 nitrogen and oxygen atoms in total. The number of rotatable bonds is 4. The van der Waals surface area contributed by atoms with Crippen molar-refractivity contribution >= 4 is 27.8 Å². The summed E-state index contributed by atoms with van der Waals surface area (Å²) in [5, 5.41) is 19.6. The lowest BCUT2D eigenvalue weighted by atomic mass is 10.1. The lowest BCUT2D eigenvalue weighted by Gasteiger charge is -2.23. The number of nitrogens with one attached hydrogen (secondary N) is 1. The molecule has 1 aromatic carbocycles. The molecule has 2 aliphatic rings. The van der Waals surface area contributed by atoms with Crippen LogP contribution < -0.4 is 10.1 Å². The summed E-state index contributed by atoms with van der Waals surface area (Å²) >= 11 is 3.40. The van der Waals surface area contributed by atoms with E-state index < -0.39 is 12.1 Å². The number of carbonyl (C=O) groups is 2. The zero-order chi connectivity index (χ0) is 22.3. The Hall–Kier alpha value is -2.32. The van der Waals surface area contributed by atoms with E-state index in [1.54, 1.807) is 4.90 Å². The van der Waals surface area contributed by atoms with Gasteiger partial charge in [-0.3, -0.25) is 10.1 Å². The van der Waals surface area contributed by atoms with Gasteiger partial charge in [0.25, 0.3) is 0 Å². The molecule has 2 aliphatic heterocycles. The Morgan fingerprint density at radius 1 is 1.27 bits per heavy atom. The van der Waals surface area contributed by atoms with Gasteiger partial charge in [-0.2, -0.15) is 18.4 Å². The van der Waals surface area contributed by atoms with E-state index in [0.717, 1.165) is 35.9 Å². The molecule has 0 radical (unpaired) electrons. The second-order valence-corrected chi connectivity index (χ2v) is 7.80. The van der Waals surface area contributed by atoms with Gasteiger partial charge < -0.3 is 14.7 Å². The molecule has 30 heavy (non-hydrogen) atoms. The summed E-state index contributed by atoms with van der Waals surface area (Å²) in [6.45, 7) is 1.25. The molecule has 1 amide bonds. The average molecular weight is 492 g/mol. The number of benzene rings is 1. The molecular formula is C19H21BrF3N3O4. The first-order valence-electron chi connectivity index (χ1n) is 9.26. The number of hydrogen-bond donors (Lipinski definition) is 2. The van der Waals surface area contributed by atoms with Crippen molar-refractivity contribution < 1.29 is 32.6 Å². The van der Waals surface area contributed by atoms with Gasteiger partial charge in [0.15, 0.2) is 0 Å². The molecule has 3 atom stereocenters. The molecule has 2 fully saturated rings. The number of amides is 1. The first kappa shape index (κ1) is 24.0. The third-order valence-electron chi connectivity index (χ3n) is 4.73. The smallest absolute Gasteiger partial charge is 0.490 e. The van der Waals surface area contributed by atoms with E-state index in [-0.39, 0.29) is 24.0 Å². The fourth-order valence-corrected chi connectivity index (χ4v) is 3.50. The van der Waals surface area contributed by atoms with Crippen LogP contribution in [-0.2, 0) is 9.59 Å². The van der Waals surface area contributed by atoms with E-state index in [0.29, 0.717) is 13.2 Å². The van der Waals surface area contributed by atoms with E-state index in [2.05, 4.69) is 27.3 Å². The Labute approximate surface area is 179 Å². The molecule has 0 aliphatic carbocycles. The SMILES string of the molecule is N#C[C@@H]1CCCN1C(=O)[C@@H]1CC[C@@H](COc2ccc(Br)cc2)N1.O=C(O)C(F)(F)F. The number of halogens is 4. The van der Waals surface area contributed by atoms with Gasteiger partial charge in [0.1, 0.15) is 18.4 Å². The molecule has 1 aromatic rings. The normalized spacial score (nSPS) is 23.3. The van der Waals surface area contributed by atoms with E-state index in [1.165, 1.54) is 0 Å². The fourth-order valence-electron chi connectivity index (χ4n) is 3.24. The van der Waals surface area contributed by atoms with Crippen LogP contribution in [0.25, 0.3) is 0 Å². The average Bonchev–Trinajstić information content (AvgIpc) is 3.36. The van der Waals surface area contributed by atoms with Gasteiger partial charge in [-0.05, 0) is 49.9 Å². The molecule has 0 spiro atoms. The Bertz CT molecular complexity index is 783.